The van der Waals surface area contributed by atoms with Crippen LogP contribution in [0, 0.1) is 10.1 Å². The molecule has 1 N–H and O–H groups in total. The Kier molecular flexibility index (Phi) is 1.90. The van der Waals surface area contributed by atoms with Crippen LogP contribution in [0.25, 0.3) is 0 Å². The predicted molar refractivity (Wildman–Crippen MR) is 51.3 cm³/mol. The van der Waals surface area contributed by atoms with Gasteiger partial charge in [-0.25, -0.2) is 0 Å². The fourth-order valence-corrected chi connectivity index (χ4v) is 1.48. The monoisotopic (exact) mass is 235 g/mol. The van der Waals surface area contributed by atoms with Crippen LogP contribution in [-0.4, -0.2) is 25.5 Å². The molecule has 0 aliphatic carbocycles. The van der Waals surface area contributed by atoms with Crippen molar-refractivity contribution in [2.45, 2.75) is 6.29 Å². The largest absolute Gasteiger partial charge is 0.443 e. The number of nitro groups is 1. The van der Waals surface area contributed by atoms with E-state index < -0.39 is 11.2 Å². The first-order valence-electron chi connectivity index (χ1n) is 4.60. The minimum Gasteiger partial charge on any atom is -0.443 e. The molecule has 0 saturated carbocycles. The SMILES string of the molecule is O=[N+]([O-])c1cccc2c1OC(c1nn[nH]n1)O2. The molecule has 2 aromatic rings. The number of ether oxygens (including phenoxy) is 2. The second-order valence-corrected chi connectivity index (χ2v) is 3.20. The molecule has 0 amide bonds. The van der Waals surface area contributed by atoms with Gasteiger partial charge in [0.2, 0.25) is 5.75 Å². The molecule has 9 heteroatoms. The lowest BCUT2D eigenvalue weighted by Crippen LogP contribution is -2.10. The number of hydrogen-bond donors (Lipinski definition) is 1. The van der Waals surface area contributed by atoms with Crippen molar-refractivity contribution in [2.75, 3.05) is 0 Å². The van der Waals surface area contributed by atoms with E-state index in [2.05, 4.69) is 20.6 Å². The van der Waals surface area contributed by atoms with Gasteiger partial charge in [-0.05, 0) is 11.3 Å². The summed E-state index contributed by atoms with van der Waals surface area (Å²) in [4.78, 5) is 10.2. The molecule has 1 aliphatic rings. The van der Waals surface area contributed by atoms with Gasteiger partial charge < -0.3 is 9.47 Å². The minimum atomic E-state index is -0.912. The maximum atomic E-state index is 10.8. The Morgan fingerprint density at radius 2 is 2.29 bits per heavy atom. The zero-order chi connectivity index (χ0) is 11.8. The Balaban J connectivity index is 1.98. The van der Waals surface area contributed by atoms with E-state index in [1.807, 2.05) is 0 Å². The van der Waals surface area contributed by atoms with Gasteiger partial charge in [-0.15, -0.1) is 10.2 Å². The lowest BCUT2D eigenvalue weighted by molar-refractivity contribution is -0.385. The molecule has 1 aromatic carbocycles. The molecule has 1 aliphatic heterocycles. The summed E-state index contributed by atoms with van der Waals surface area (Å²) >= 11 is 0. The number of nitro benzene ring substituents is 1. The van der Waals surface area contributed by atoms with Crippen LogP contribution in [-0.2, 0) is 0 Å². The van der Waals surface area contributed by atoms with Gasteiger partial charge in [0.25, 0.3) is 5.82 Å². The first-order valence-corrected chi connectivity index (χ1v) is 4.60. The summed E-state index contributed by atoms with van der Waals surface area (Å²) in [7, 11) is 0. The zero-order valence-electron chi connectivity index (χ0n) is 8.23. The number of fused-ring (bicyclic) bond motifs is 1. The van der Waals surface area contributed by atoms with E-state index in [4.69, 9.17) is 9.47 Å². The summed E-state index contributed by atoms with van der Waals surface area (Å²) in [6, 6.07) is 4.42. The lowest BCUT2D eigenvalue weighted by Gasteiger charge is -2.03. The number of para-hydroxylation sites is 1. The maximum absolute atomic E-state index is 10.8. The number of tetrazole rings is 1. The molecular weight excluding hydrogens is 230 g/mol. The van der Waals surface area contributed by atoms with Crippen LogP contribution >= 0.6 is 0 Å². The zero-order valence-corrected chi connectivity index (χ0v) is 8.23. The number of aromatic amines is 1. The average molecular weight is 235 g/mol. The Labute approximate surface area is 93.5 Å². The second kappa shape index (κ2) is 3.40. The highest BCUT2D eigenvalue weighted by atomic mass is 16.7. The highest BCUT2D eigenvalue weighted by molar-refractivity contribution is 5.57. The molecule has 3 rings (SSSR count). The molecule has 1 unspecified atom stereocenters. The minimum absolute atomic E-state index is 0.0762. The van der Waals surface area contributed by atoms with Gasteiger partial charge in [-0.1, -0.05) is 6.07 Å². The average Bonchev–Trinajstić information content (AvgIpc) is 2.96. The quantitative estimate of drug-likeness (QED) is 0.597. The lowest BCUT2D eigenvalue weighted by atomic mass is 10.3. The van der Waals surface area contributed by atoms with Crippen LogP contribution in [0.5, 0.6) is 11.5 Å². The molecule has 1 aromatic heterocycles. The van der Waals surface area contributed by atoms with E-state index in [1.165, 1.54) is 12.1 Å². The maximum Gasteiger partial charge on any atom is 0.315 e. The van der Waals surface area contributed by atoms with Crippen LogP contribution < -0.4 is 9.47 Å². The summed E-state index contributed by atoms with van der Waals surface area (Å²) in [5.41, 5.74) is -0.159. The molecule has 1 atom stereocenters. The van der Waals surface area contributed by atoms with Crippen molar-refractivity contribution < 1.29 is 14.4 Å². The first-order chi connectivity index (χ1) is 8.25. The second-order valence-electron chi connectivity index (χ2n) is 3.20. The molecule has 17 heavy (non-hydrogen) atoms. The molecule has 2 heterocycles. The molecule has 0 bridgehead atoms. The summed E-state index contributed by atoms with van der Waals surface area (Å²) < 4.78 is 10.6. The molecule has 86 valence electrons. The topological polar surface area (TPSA) is 116 Å². The van der Waals surface area contributed by atoms with E-state index in [0.29, 0.717) is 0 Å². The molecular formula is C8H5N5O4. The van der Waals surface area contributed by atoms with E-state index in [1.54, 1.807) is 6.07 Å². The molecule has 0 fully saturated rings. The summed E-state index contributed by atoms with van der Waals surface area (Å²) in [6.07, 6.45) is -0.912. The van der Waals surface area contributed by atoms with Crippen molar-refractivity contribution in [3.63, 3.8) is 0 Å². The van der Waals surface area contributed by atoms with Gasteiger partial charge in [0.15, 0.2) is 5.75 Å². The van der Waals surface area contributed by atoms with E-state index in [0.717, 1.165) is 0 Å². The molecule has 0 radical (unpaired) electrons. The van der Waals surface area contributed by atoms with Crippen LogP contribution in [0.15, 0.2) is 18.2 Å². The third-order valence-electron chi connectivity index (χ3n) is 2.19. The number of rotatable bonds is 2. The summed E-state index contributed by atoms with van der Waals surface area (Å²) in [6.45, 7) is 0. The first kappa shape index (κ1) is 9.51. The Hall–Kier alpha value is -2.71. The van der Waals surface area contributed by atoms with Gasteiger partial charge >= 0.3 is 12.0 Å². The van der Waals surface area contributed by atoms with E-state index in [9.17, 15) is 10.1 Å². The van der Waals surface area contributed by atoms with Gasteiger partial charge in [0.1, 0.15) is 0 Å². The van der Waals surface area contributed by atoms with Crippen LogP contribution in [0.2, 0.25) is 0 Å². The fraction of sp³-hybridized carbons (Fsp3) is 0.125. The van der Waals surface area contributed by atoms with E-state index >= 15 is 0 Å². The van der Waals surface area contributed by atoms with Crippen LogP contribution in [0.1, 0.15) is 12.1 Å². The highest BCUT2D eigenvalue weighted by Crippen LogP contribution is 2.45. The fourth-order valence-electron chi connectivity index (χ4n) is 1.48. The van der Waals surface area contributed by atoms with Crippen molar-refractivity contribution in [1.82, 2.24) is 20.6 Å². The van der Waals surface area contributed by atoms with Crippen molar-refractivity contribution >= 4 is 5.69 Å². The summed E-state index contributed by atoms with van der Waals surface area (Å²) in [5, 5.41) is 23.8. The van der Waals surface area contributed by atoms with Crippen molar-refractivity contribution in [3.8, 4) is 11.5 Å². The Morgan fingerprint density at radius 1 is 1.41 bits per heavy atom. The third kappa shape index (κ3) is 1.44. The Morgan fingerprint density at radius 3 is 3.00 bits per heavy atom. The van der Waals surface area contributed by atoms with Gasteiger partial charge in [0.05, 0.1) is 4.92 Å². The van der Waals surface area contributed by atoms with Gasteiger partial charge in [0, 0.05) is 6.07 Å². The van der Waals surface area contributed by atoms with Crippen LogP contribution in [0.3, 0.4) is 0 Å². The number of nitrogens with zero attached hydrogens (tertiary/aromatic N) is 4. The van der Waals surface area contributed by atoms with Gasteiger partial charge in [-0.3, -0.25) is 10.1 Å². The standard InChI is InChI=1S/C8H5N5O4/c14-13(15)4-2-1-3-5-6(4)17-8(16-5)7-9-11-12-10-7/h1-3,8H,(H,9,10,11,12). The molecule has 9 nitrogen and oxygen atoms in total. The smallest absolute Gasteiger partial charge is 0.315 e. The number of H-pyrrole nitrogens is 1. The number of aromatic nitrogens is 4. The summed E-state index contributed by atoms with van der Waals surface area (Å²) in [5.74, 6) is 0.539. The molecule has 0 saturated heterocycles. The predicted octanol–water partition coefficient (Wildman–Crippen LogP) is 0.578. The Bertz CT molecular complexity index is 569. The number of hydrogen-bond acceptors (Lipinski definition) is 7. The van der Waals surface area contributed by atoms with Gasteiger partial charge in [-0.2, -0.15) is 5.21 Å². The third-order valence-corrected chi connectivity index (χ3v) is 2.19. The number of benzene rings is 1. The van der Waals surface area contributed by atoms with Crippen molar-refractivity contribution in [3.05, 3.63) is 34.1 Å². The van der Waals surface area contributed by atoms with E-state index in [-0.39, 0.29) is 23.0 Å². The normalized spacial score (nSPS) is 17.1. The highest BCUT2D eigenvalue weighted by Gasteiger charge is 2.34. The van der Waals surface area contributed by atoms with Crippen molar-refractivity contribution in [2.24, 2.45) is 0 Å². The number of nitrogens with one attached hydrogen (secondary N) is 1. The molecule has 0 spiro atoms. The van der Waals surface area contributed by atoms with Crippen LogP contribution in [0.4, 0.5) is 5.69 Å². The van der Waals surface area contributed by atoms with Crippen molar-refractivity contribution in [1.29, 1.82) is 0 Å².